The molecule has 0 spiro atoms. The molecule has 2 aromatic carbocycles. The van der Waals surface area contributed by atoms with Gasteiger partial charge in [0.25, 0.3) is 5.91 Å². The first kappa shape index (κ1) is 23.1. The quantitative estimate of drug-likeness (QED) is 0.560. The molecule has 1 saturated heterocycles. The van der Waals surface area contributed by atoms with Gasteiger partial charge in [-0.05, 0) is 53.7 Å². The predicted octanol–water partition coefficient (Wildman–Crippen LogP) is 5.53. The number of ether oxygens (including phenoxy) is 2. The second kappa shape index (κ2) is 10.7. The van der Waals surface area contributed by atoms with Crippen LogP contribution < -0.4 is 0 Å². The summed E-state index contributed by atoms with van der Waals surface area (Å²) in [5.74, 6) is -0.356. The number of rotatable bonds is 7. The summed E-state index contributed by atoms with van der Waals surface area (Å²) in [6, 6.07) is 16.0. The summed E-state index contributed by atoms with van der Waals surface area (Å²) in [5.41, 5.74) is 3.95. The average molecular weight is 448 g/mol. The maximum Gasteiger partial charge on any atom is 0.252 e. The number of nitrogens with zero attached hydrogens (tertiary/aromatic N) is 1. The fourth-order valence-corrected chi connectivity index (χ4v) is 4.59. The molecule has 1 unspecified atom stereocenters. The maximum absolute atomic E-state index is 13.6. The van der Waals surface area contributed by atoms with Crippen LogP contribution in [0.3, 0.4) is 0 Å². The summed E-state index contributed by atoms with van der Waals surface area (Å²) in [5, 5.41) is 0. The van der Waals surface area contributed by atoms with Gasteiger partial charge in [-0.25, -0.2) is 4.39 Å². The number of benzene rings is 2. The van der Waals surface area contributed by atoms with Gasteiger partial charge >= 0.3 is 0 Å². The Labute approximate surface area is 195 Å². The van der Waals surface area contributed by atoms with Gasteiger partial charge in [0.15, 0.2) is 0 Å². The summed E-state index contributed by atoms with van der Waals surface area (Å²) in [6.45, 7) is 9.37. The van der Waals surface area contributed by atoms with Crippen molar-refractivity contribution in [3.05, 3.63) is 108 Å². The summed E-state index contributed by atoms with van der Waals surface area (Å²) in [7, 11) is 0. The summed E-state index contributed by atoms with van der Waals surface area (Å²) >= 11 is 0. The number of halogens is 1. The Kier molecular flexibility index (Phi) is 7.53. The monoisotopic (exact) mass is 447 g/mol. The first-order chi connectivity index (χ1) is 16.1. The van der Waals surface area contributed by atoms with Crippen LogP contribution in [0.2, 0.25) is 0 Å². The van der Waals surface area contributed by atoms with Crippen LogP contribution in [0.1, 0.15) is 36.4 Å². The molecule has 4 nitrogen and oxygen atoms in total. The third-order valence-corrected chi connectivity index (χ3v) is 6.37. The second-order valence-electron chi connectivity index (χ2n) is 8.44. The van der Waals surface area contributed by atoms with E-state index < -0.39 is 6.10 Å². The molecule has 2 aliphatic rings. The molecule has 172 valence electrons. The summed E-state index contributed by atoms with van der Waals surface area (Å²) in [4.78, 5) is 15.4. The minimum Gasteiger partial charge on any atom is -0.371 e. The van der Waals surface area contributed by atoms with Crippen LogP contribution in [-0.4, -0.2) is 36.2 Å². The molecular weight excluding hydrogens is 417 g/mol. The van der Waals surface area contributed by atoms with Gasteiger partial charge in [0.2, 0.25) is 0 Å². The van der Waals surface area contributed by atoms with Gasteiger partial charge in [-0.3, -0.25) is 4.79 Å². The Morgan fingerprint density at radius 3 is 2.48 bits per heavy atom. The third kappa shape index (κ3) is 5.32. The zero-order chi connectivity index (χ0) is 23.2. The van der Waals surface area contributed by atoms with Crippen LogP contribution >= 0.6 is 0 Å². The summed E-state index contributed by atoms with van der Waals surface area (Å²) < 4.78 is 25.5. The molecule has 5 heteroatoms. The average Bonchev–Trinajstić information content (AvgIpc) is 2.87. The molecule has 0 bridgehead atoms. The van der Waals surface area contributed by atoms with Gasteiger partial charge in [-0.15, -0.1) is 0 Å². The van der Waals surface area contributed by atoms with Crippen molar-refractivity contribution in [1.82, 2.24) is 4.90 Å². The molecule has 2 heterocycles. The molecule has 0 N–H and O–H groups in total. The van der Waals surface area contributed by atoms with Crippen molar-refractivity contribution in [3.63, 3.8) is 0 Å². The highest BCUT2D eigenvalue weighted by Gasteiger charge is 2.37. The fraction of sp³-hybridized carbons (Fsp3) is 0.321. The molecule has 0 saturated carbocycles. The Morgan fingerprint density at radius 2 is 1.85 bits per heavy atom. The van der Waals surface area contributed by atoms with Crippen LogP contribution in [0.5, 0.6) is 0 Å². The lowest BCUT2D eigenvalue weighted by Gasteiger charge is -2.40. The SMILES string of the molecule is C=CC1=C(C=C)[C@H](c2ccc(F)cc2)N(C(=O)[C@H]2CCC(OCc3ccccc3)CO2)CC1. The second-order valence-corrected chi connectivity index (χ2v) is 8.44. The first-order valence-electron chi connectivity index (χ1n) is 11.4. The van der Waals surface area contributed by atoms with Crippen molar-refractivity contribution < 1.29 is 18.7 Å². The Morgan fingerprint density at radius 1 is 1.09 bits per heavy atom. The van der Waals surface area contributed by atoms with E-state index in [1.165, 1.54) is 12.1 Å². The lowest BCUT2D eigenvalue weighted by Crippen LogP contribution is -2.48. The zero-order valence-corrected chi connectivity index (χ0v) is 18.8. The van der Waals surface area contributed by atoms with Crippen molar-refractivity contribution in [1.29, 1.82) is 0 Å². The van der Waals surface area contributed by atoms with Crippen molar-refractivity contribution in [2.75, 3.05) is 13.2 Å². The molecule has 0 aliphatic carbocycles. The van der Waals surface area contributed by atoms with Crippen molar-refractivity contribution in [2.24, 2.45) is 0 Å². The lowest BCUT2D eigenvalue weighted by atomic mass is 9.87. The number of amides is 1. The highest BCUT2D eigenvalue weighted by Crippen LogP contribution is 2.38. The molecule has 33 heavy (non-hydrogen) atoms. The van der Waals surface area contributed by atoms with Crippen LogP contribution in [-0.2, 0) is 20.9 Å². The topological polar surface area (TPSA) is 38.8 Å². The molecule has 2 aromatic rings. The summed E-state index contributed by atoms with van der Waals surface area (Å²) in [6.07, 6.45) is 5.12. The van der Waals surface area contributed by atoms with Gasteiger partial charge < -0.3 is 14.4 Å². The van der Waals surface area contributed by atoms with Crippen LogP contribution in [0.4, 0.5) is 4.39 Å². The fourth-order valence-electron chi connectivity index (χ4n) is 4.59. The Bertz CT molecular complexity index is 1010. The van der Waals surface area contributed by atoms with E-state index in [-0.39, 0.29) is 23.9 Å². The van der Waals surface area contributed by atoms with E-state index in [4.69, 9.17) is 9.47 Å². The number of hydrogen-bond donors (Lipinski definition) is 0. The van der Waals surface area contributed by atoms with Gasteiger partial charge in [0.1, 0.15) is 11.9 Å². The van der Waals surface area contributed by atoms with Gasteiger partial charge in [0.05, 0.1) is 25.4 Å². The standard InChI is InChI=1S/C28H30FNO3/c1-3-21-16-17-30(27(25(21)4-2)22-10-12-23(29)13-11-22)28(31)26-15-14-24(19-33-26)32-18-20-8-6-5-7-9-20/h3-13,24,26-27H,1-2,14-19H2/t24?,26-,27+/m1/s1. The molecular formula is C28H30FNO3. The maximum atomic E-state index is 13.6. The van der Waals surface area contributed by atoms with E-state index in [0.717, 1.165) is 28.7 Å². The molecule has 1 fully saturated rings. The molecule has 3 atom stereocenters. The number of hydrogen-bond acceptors (Lipinski definition) is 3. The molecule has 0 aromatic heterocycles. The van der Waals surface area contributed by atoms with E-state index in [1.54, 1.807) is 18.2 Å². The zero-order valence-electron chi connectivity index (χ0n) is 18.8. The van der Waals surface area contributed by atoms with Crippen LogP contribution in [0.25, 0.3) is 0 Å². The molecule has 0 radical (unpaired) electrons. The Hall–Kier alpha value is -3.02. The third-order valence-electron chi connectivity index (χ3n) is 6.37. The lowest BCUT2D eigenvalue weighted by molar-refractivity contribution is -0.156. The van der Waals surface area contributed by atoms with Crippen molar-refractivity contribution >= 4 is 5.91 Å². The van der Waals surface area contributed by atoms with Gasteiger partial charge in [-0.1, -0.05) is 67.8 Å². The van der Waals surface area contributed by atoms with Crippen molar-refractivity contribution in [2.45, 2.75) is 44.1 Å². The van der Waals surface area contributed by atoms with Gasteiger partial charge in [0, 0.05) is 6.54 Å². The highest BCUT2D eigenvalue weighted by atomic mass is 19.1. The van der Waals surface area contributed by atoms with Crippen LogP contribution in [0.15, 0.2) is 91.1 Å². The normalized spacial score (nSPS) is 23.3. The van der Waals surface area contributed by atoms with Gasteiger partial charge in [-0.2, -0.15) is 0 Å². The smallest absolute Gasteiger partial charge is 0.252 e. The Balaban J connectivity index is 1.45. The predicted molar refractivity (Wildman–Crippen MR) is 127 cm³/mol. The van der Waals surface area contributed by atoms with E-state index in [2.05, 4.69) is 13.2 Å². The van der Waals surface area contributed by atoms with E-state index in [0.29, 0.717) is 32.6 Å². The largest absolute Gasteiger partial charge is 0.371 e. The minimum absolute atomic E-state index is 0.0282. The molecule has 1 amide bonds. The van der Waals surface area contributed by atoms with Crippen molar-refractivity contribution in [3.8, 4) is 0 Å². The highest BCUT2D eigenvalue weighted by molar-refractivity contribution is 5.82. The molecule has 2 aliphatic heterocycles. The first-order valence-corrected chi connectivity index (χ1v) is 11.4. The molecule has 4 rings (SSSR count). The number of carbonyl (C=O) groups is 1. The minimum atomic E-state index is -0.513. The number of carbonyl (C=O) groups excluding carboxylic acids is 1. The van der Waals surface area contributed by atoms with E-state index in [9.17, 15) is 9.18 Å². The van der Waals surface area contributed by atoms with Crippen LogP contribution in [0, 0.1) is 5.82 Å². The van der Waals surface area contributed by atoms with E-state index >= 15 is 0 Å². The van der Waals surface area contributed by atoms with E-state index in [1.807, 2.05) is 41.3 Å². The number of allylic oxidation sites excluding steroid dienone is 1.